The molecular weight excluding hydrogens is 248 g/mol. The van der Waals surface area contributed by atoms with E-state index >= 15 is 0 Å². The highest BCUT2D eigenvalue weighted by Crippen LogP contribution is 2.24. The van der Waals surface area contributed by atoms with Gasteiger partial charge in [-0.3, -0.25) is 4.98 Å². The number of nitrogen functional groups attached to an aromatic ring is 1. The number of nitrogens with two attached hydrogens (primary N) is 1. The Hall–Kier alpha value is -2.54. The monoisotopic (exact) mass is 266 g/mol. The largest absolute Gasteiger partial charge is 0.399 e. The van der Waals surface area contributed by atoms with E-state index < -0.39 is 0 Å². The van der Waals surface area contributed by atoms with Crippen LogP contribution in [-0.4, -0.2) is 12.0 Å². The van der Waals surface area contributed by atoms with Crippen LogP contribution >= 0.6 is 0 Å². The second-order valence-electron chi connectivity index (χ2n) is 4.96. The Bertz CT molecular complexity index is 671. The normalized spacial score (nSPS) is 10.1. The predicted octanol–water partition coefficient (Wildman–Crippen LogP) is 2.79. The van der Waals surface area contributed by atoms with Gasteiger partial charge in [-0.2, -0.15) is 5.26 Å². The van der Waals surface area contributed by atoms with Gasteiger partial charge < -0.3 is 10.6 Å². The molecule has 0 spiro atoms. The number of nitrogens with zero attached hydrogens (tertiary/aromatic N) is 3. The first-order valence-corrected chi connectivity index (χ1v) is 6.45. The number of nitriles is 1. The minimum atomic E-state index is 0.627. The molecule has 102 valence electrons. The maximum atomic E-state index is 9.31. The summed E-state index contributed by atoms with van der Waals surface area (Å²) in [7, 11) is 1.97. The van der Waals surface area contributed by atoms with Crippen LogP contribution in [0.3, 0.4) is 0 Å². The second-order valence-corrected chi connectivity index (χ2v) is 4.96. The van der Waals surface area contributed by atoms with Gasteiger partial charge in [0.05, 0.1) is 16.9 Å². The smallest absolute Gasteiger partial charge is 0.103 e. The first-order chi connectivity index (χ1) is 9.51. The summed E-state index contributed by atoms with van der Waals surface area (Å²) in [5, 5.41) is 9.31. The van der Waals surface area contributed by atoms with Crippen molar-refractivity contribution in [2.75, 3.05) is 17.7 Å². The summed E-state index contributed by atoms with van der Waals surface area (Å²) >= 11 is 0. The lowest BCUT2D eigenvalue weighted by Crippen LogP contribution is -2.18. The minimum absolute atomic E-state index is 0.627. The molecule has 1 heterocycles. The predicted molar refractivity (Wildman–Crippen MR) is 81.4 cm³/mol. The molecule has 0 saturated carbocycles. The zero-order chi connectivity index (χ0) is 14.7. The second kappa shape index (κ2) is 5.62. The number of aromatic nitrogens is 1. The number of hydrogen-bond donors (Lipinski definition) is 1. The summed E-state index contributed by atoms with van der Waals surface area (Å²) in [6, 6.07) is 12.0. The van der Waals surface area contributed by atoms with Gasteiger partial charge in [0.15, 0.2) is 0 Å². The molecule has 0 fully saturated rings. The van der Waals surface area contributed by atoms with Gasteiger partial charge in [-0.15, -0.1) is 0 Å². The molecule has 0 aliphatic carbocycles. The quantitative estimate of drug-likeness (QED) is 0.867. The molecular formula is C16H18N4. The third-order valence-electron chi connectivity index (χ3n) is 3.20. The fraction of sp³-hybridized carbons (Fsp3) is 0.250. The third-order valence-corrected chi connectivity index (χ3v) is 3.20. The van der Waals surface area contributed by atoms with E-state index in [1.165, 1.54) is 0 Å². The lowest BCUT2D eigenvalue weighted by molar-refractivity contribution is 0.911. The van der Waals surface area contributed by atoms with Crippen molar-refractivity contribution in [2.24, 2.45) is 0 Å². The van der Waals surface area contributed by atoms with E-state index in [4.69, 9.17) is 5.73 Å². The van der Waals surface area contributed by atoms with Gasteiger partial charge in [-0.1, -0.05) is 12.1 Å². The molecule has 4 heteroatoms. The van der Waals surface area contributed by atoms with Crippen LogP contribution in [0.4, 0.5) is 11.4 Å². The zero-order valence-corrected chi connectivity index (χ0v) is 12.0. The topological polar surface area (TPSA) is 65.9 Å². The maximum Gasteiger partial charge on any atom is 0.103 e. The van der Waals surface area contributed by atoms with Crippen LogP contribution in [0.1, 0.15) is 22.5 Å². The van der Waals surface area contributed by atoms with E-state index in [0.29, 0.717) is 12.1 Å². The van der Waals surface area contributed by atoms with Crippen LogP contribution in [0.2, 0.25) is 0 Å². The molecule has 0 aliphatic heterocycles. The van der Waals surface area contributed by atoms with Gasteiger partial charge in [0.25, 0.3) is 0 Å². The van der Waals surface area contributed by atoms with Crippen molar-refractivity contribution in [2.45, 2.75) is 20.4 Å². The van der Waals surface area contributed by atoms with Gasteiger partial charge >= 0.3 is 0 Å². The van der Waals surface area contributed by atoms with Gasteiger partial charge in [0.2, 0.25) is 0 Å². The van der Waals surface area contributed by atoms with Crippen LogP contribution in [0.5, 0.6) is 0 Å². The Morgan fingerprint density at radius 3 is 2.70 bits per heavy atom. The van der Waals surface area contributed by atoms with Gasteiger partial charge in [0, 0.05) is 25.0 Å². The van der Waals surface area contributed by atoms with E-state index in [1.807, 2.05) is 51.2 Å². The maximum absolute atomic E-state index is 9.31. The SMILES string of the molecule is Cc1cc(N(C)Cc2cccc(N)c2)c(C#N)c(C)n1. The van der Waals surface area contributed by atoms with Crippen molar-refractivity contribution in [3.8, 4) is 6.07 Å². The van der Waals surface area contributed by atoms with Crippen molar-refractivity contribution >= 4 is 11.4 Å². The molecule has 0 bridgehead atoms. The summed E-state index contributed by atoms with van der Waals surface area (Å²) in [4.78, 5) is 6.39. The molecule has 20 heavy (non-hydrogen) atoms. The average Bonchev–Trinajstić information content (AvgIpc) is 2.37. The highest BCUT2D eigenvalue weighted by atomic mass is 15.1. The number of rotatable bonds is 3. The molecule has 0 atom stereocenters. The molecule has 2 aromatic rings. The fourth-order valence-electron chi connectivity index (χ4n) is 2.30. The van der Waals surface area contributed by atoms with E-state index in [9.17, 15) is 5.26 Å². The summed E-state index contributed by atoms with van der Waals surface area (Å²) in [6.45, 7) is 4.50. The summed E-state index contributed by atoms with van der Waals surface area (Å²) in [6.07, 6.45) is 0. The molecule has 2 rings (SSSR count). The first-order valence-electron chi connectivity index (χ1n) is 6.45. The Morgan fingerprint density at radius 1 is 1.30 bits per heavy atom. The summed E-state index contributed by atoms with van der Waals surface area (Å²) < 4.78 is 0. The van der Waals surface area contributed by atoms with E-state index in [-0.39, 0.29) is 0 Å². The molecule has 4 nitrogen and oxygen atoms in total. The van der Waals surface area contributed by atoms with Crippen molar-refractivity contribution in [1.29, 1.82) is 5.26 Å². The van der Waals surface area contributed by atoms with Crippen molar-refractivity contribution in [3.05, 3.63) is 52.8 Å². The number of pyridine rings is 1. The molecule has 0 aliphatic rings. The van der Waals surface area contributed by atoms with Gasteiger partial charge in [-0.05, 0) is 37.6 Å². The molecule has 0 unspecified atom stereocenters. The van der Waals surface area contributed by atoms with Crippen LogP contribution < -0.4 is 10.6 Å². The molecule has 2 N–H and O–H groups in total. The highest BCUT2D eigenvalue weighted by molar-refractivity contribution is 5.61. The van der Waals surface area contributed by atoms with Crippen LogP contribution in [0.25, 0.3) is 0 Å². The fourth-order valence-corrected chi connectivity index (χ4v) is 2.30. The van der Waals surface area contributed by atoms with Gasteiger partial charge in [0.1, 0.15) is 6.07 Å². The number of aryl methyl sites for hydroxylation is 2. The number of anilines is 2. The minimum Gasteiger partial charge on any atom is -0.399 e. The van der Waals surface area contributed by atoms with E-state index in [1.54, 1.807) is 0 Å². The Balaban J connectivity index is 2.34. The average molecular weight is 266 g/mol. The van der Waals surface area contributed by atoms with Crippen LogP contribution in [0, 0.1) is 25.2 Å². The van der Waals surface area contributed by atoms with Gasteiger partial charge in [-0.25, -0.2) is 0 Å². The van der Waals surface area contributed by atoms with E-state index in [0.717, 1.165) is 28.3 Å². The Kier molecular flexibility index (Phi) is 3.90. The number of benzene rings is 1. The highest BCUT2D eigenvalue weighted by Gasteiger charge is 2.12. The first kappa shape index (κ1) is 13.9. The molecule has 1 aromatic carbocycles. The third kappa shape index (κ3) is 2.89. The Labute approximate surface area is 119 Å². The molecule has 1 aromatic heterocycles. The summed E-state index contributed by atoms with van der Waals surface area (Å²) in [5.41, 5.74) is 10.9. The molecule has 0 radical (unpaired) electrons. The standard InChI is InChI=1S/C16H18N4/c1-11-7-16(15(9-17)12(2)19-11)20(3)10-13-5-4-6-14(18)8-13/h4-8H,10,18H2,1-3H3. The number of hydrogen-bond acceptors (Lipinski definition) is 4. The van der Waals surface area contributed by atoms with Crippen molar-refractivity contribution < 1.29 is 0 Å². The zero-order valence-electron chi connectivity index (χ0n) is 12.0. The lowest BCUT2D eigenvalue weighted by Gasteiger charge is -2.22. The Morgan fingerprint density at radius 2 is 2.05 bits per heavy atom. The van der Waals surface area contributed by atoms with Crippen molar-refractivity contribution in [1.82, 2.24) is 4.98 Å². The molecule has 0 saturated heterocycles. The van der Waals surface area contributed by atoms with Crippen LogP contribution in [-0.2, 0) is 6.54 Å². The molecule has 0 amide bonds. The summed E-state index contributed by atoms with van der Waals surface area (Å²) in [5.74, 6) is 0. The van der Waals surface area contributed by atoms with Crippen molar-refractivity contribution in [3.63, 3.8) is 0 Å². The van der Waals surface area contributed by atoms with Crippen LogP contribution in [0.15, 0.2) is 30.3 Å². The van der Waals surface area contributed by atoms with E-state index in [2.05, 4.69) is 16.0 Å². The lowest BCUT2D eigenvalue weighted by atomic mass is 10.1.